The molecule has 0 saturated carbocycles. The van der Waals surface area contributed by atoms with Crippen LogP contribution in [0.3, 0.4) is 0 Å². The summed E-state index contributed by atoms with van der Waals surface area (Å²) in [7, 11) is -2.18. The first-order valence-corrected chi connectivity index (χ1v) is 11.5. The Morgan fingerprint density at radius 2 is 1.89 bits per heavy atom. The van der Waals surface area contributed by atoms with Crippen molar-refractivity contribution in [3.05, 3.63) is 58.3 Å². The molecule has 0 amide bonds. The summed E-state index contributed by atoms with van der Waals surface area (Å²) in [4.78, 5) is 2.31. The van der Waals surface area contributed by atoms with Crippen molar-refractivity contribution < 1.29 is 17.5 Å². The summed E-state index contributed by atoms with van der Waals surface area (Å²) in [5.74, 6) is 0.242. The second-order valence-corrected chi connectivity index (χ2v) is 9.37. The number of rotatable bonds is 7. The molecule has 1 heterocycles. The van der Waals surface area contributed by atoms with Crippen LogP contribution in [0, 0.1) is 5.82 Å². The zero-order valence-electron chi connectivity index (χ0n) is 15.7. The van der Waals surface area contributed by atoms with E-state index >= 15 is 0 Å². The lowest BCUT2D eigenvalue weighted by atomic mass is 10.0. The van der Waals surface area contributed by atoms with Crippen LogP contribution in [0.2, 0.25) is 0 Å². The minimum Gasteiger partial charge on any atom is -0.496 e. The van der Waals surface area contributed by atoms with Gasteiger partial charge in [-0.1, -0.05) is 24.6 Å². The van der Waals surface area contributed by atoms with Gasteiger partial charge in [-0.15, -0.1) is 0 Å². The van der Waals surface area contributed by atoms with Crippen molar-refractivity contribution in [2.45, 2.75) is 30.2 Å². The molecular formula is C20H24BrFN2O3S. The summed E-state index contributed by atoms with van der Waals surface area (Å²) in [6, 6.07) is 11.1. The van der Waals surface area contributed by atoms with Crippen LogP contribution in [0.5, 0.6) is 5.75 Å². The van der Waals surface area contributed by atoms with E-state index in [1.54, 1.807) is 7.11 Å². The highest BCUT2D eigenvalue weighted by Crippen LogP contribution is 2.31. The minimum atomic E-state index is -3.80. The van der Waals surface area contributed by atoms with Crippen LogP contribution in [-0.2, 0) is 10.0 Å². The molecule has 28 heavy (non-hydrogen) atoms. The maximum Gasteiger partial charge on any atom is 0.241 e. The van der Waals surface area contributed by atoms with E-state index in [0.717, 1.165) is 49.4 Å². The second-order valence-electron chi connectivity index (χ2n) is 6.78. The lowest BCUT2D eigenvalue weighted by Crippen LogP contribution is -2.40. The molecule has 0 aromatic heterocycles. The molecule has 152 valence electrons. The summed E-state index contributed by atoms with van der Waals surface area (Å²) >= 11 is 3.14. The van der Waals surface area contributed by atoms with Gasteiger partial charge in [-0.05, 0) is 66.1 Å². The zero-order valence-corrected chi connectivity index (χ0v) is 18.1. The van der Waals surface area contributed by atoms with Gasteiger partial charge in [0.25, 0.3) is 0 Å². The van der Waals surface area contributed by atoms with E-state index in [4.69, 9.17) is 4.74 Å². The molecule has 2 aromatic carbocycles. The first kappa shape index (κ1) is 21.2. The maximum atomic E-state index is 13.3. The number of piperidine rings is 1. The highest BCUT2D eigenvalue weighted by atomic mass is 79.9. The van der Waals surface area contributed by atoms with Crippen molar-refractivity contribution in [3.63, 3.8) is 0 Å². The van der Waals surface area contributed by atoms with Gasteiger partial charge in [0, 0.05) is 16.6 Å². The van der Waals surface area contributed by atoms with Crippen LogP contribution in [0.25, 0.3) is 0 Å². The Labute approximate surface area is 174 Å². The summed E-state index contributed by atoms with van der Waals surface area (Å²) in [6.07, 6.45) is 3.35. The van der Waals surface area contributed by atoms with Crippen molar-refractivity contribution in [2.75, 3.05) is 26.7 Å². The molecule has 3 rings (SSSR count). The fraction of sp³-hybridized carbons (Fsp3) is 0.400. The number of ether oxygens (including phenoxy) is 1. The van der Waals surface area contributed by atoms with E-state index in [0.29, 0.717) is 0 Å². The Kier molecular flexibility index (Phi) is 7.09. The van der Waals surface area contributed by atoms with Gasteiger partial charge in [0.05, 0.1) is 18.0 Å². The van der Waals surface area contributed by atoms with E-state index in [2.05, 4.69) is 25.6 Å². The molecule has 1 N–H and O–H groups in total. The highest BCUT2D eigenvalue weighted by molar-refractivity contribution is 9.10. The van der Waals surface area contributed by atoms with Crippen molar-refractivity contribution in [2.24, 2.45) is 0 Å². The van der Waals surface area contributed by atoms with Gasteiger partial charge in [0.2, 0.25) is 10.0 Å². The molecule has 2 aromatic rings. The molecule has 1 fully saturated rings. The molecule has 5 nitrogen and oxygen atoms in total. The average molecular weight is 471 g/mol. The summed E-state index contributed by atoms with van der Waals surface area (Å²) in [5, 5.41) is 0. The predicted octanol–water partition coefficient (Wildman–Crippen LogP) is 4.10. The standard InChI is InChI=1S/C20H24BrFN2O3S/c1-27-19-8-4-3-7-16(19)18(24-11-5-2-6-12-24)14-23-28(25,26)20-10-9-15(22)13-17(20)21/h3-4,7-10,13,18,23H,2,5-6,11-12,14H2,1H3. The number of methoxy groups -OCH3 is 1. The Bertz CT molecular complexity index is 917. The van der Waals surface area contributed by atoms with Crippen LogP contribution >= 0.6 is 15.9 Å². The van der Waals surface area contributed by atoms with Gasteiger partial charge in [0.15, 0.2) is 0 Å². The molecule has 1 atom stereocenters. The number of sulfonamides is 1. The molecule has 8 heteroatoms. The third-order valence-electron chi connectivity index (χ3n) is 4.98. The second kappa shape index (κ2) is 9.35. The molecule has 0 aliphatic carbocycles. The molecule has 1 unspecified atom stereocenters. The average Bonchev–Trinajstić information content (AvgIpc) is 2.69. The fourth-order valence-corrected chi connectivity index (χ4v) is 5.65. The molecule has 1 aliphatic heterocycles. The molecule has 0 spiro atoms. The normalized spacial score (nSPS) is 16.7. The highest BCUT2D eigenvalue weighted by Gasteiger charge is 2.27. The number of likely N-dealkylation sites (tertiary alicyclic amines) is 1. The monoisotopic (exact) mass is 470 g/mol. The number of hydrogen-bond donors (Lipinski definition) is 1. The maximum absolute atomic E-state index is 13.3. The van der Waals surface area contributed by atoms with Gasteiger partial charge in [-0.3, -0.25) is 4.90 Å². The van der Waals surface area contributed by atoms with Gasteiger partial charge >= 0.3 is 0 Å². The van der Waals surface area contributed by atoms with Gasteiger partial charge < -0.3 is 4.74 Å². The number of hydrogen-bond acceptors (Lipinski definition) is 4. The number of para-hydroxylation sites is 1. The smallest absolute Gasteiger partial charge is 0.241 e. The Balaban J connectivity index is 1.87. The van der Waals surface area contributed by atoms with Crippen LogP contribution in [0.15, 0.2) is 51.8 Å². The summed E-state index contributed by atoms with van der Waals surface area (Å²) < 4.78 is 47.4. The third kappa shape index (κ3) is 4.92. The summed E-state index contributed by atoms with van der Waals surface area (Å²) in [6.45, 7) is 2.02. The van der Waals surface area contributed by atoms with Gasteiger partial charge in [0.1, 0.15) is 11.6 Å². The Morgan fingerprint density at radius 3 is 2.57 bits per heavy atom. The lowest BCUT2D eigenvalue weighted by molar-refractivity contribution is 0.162. The van der Waals surface area contributed by atoms with Crippen molar-refractivity contribution in [1.82, 2.24) is 9.62 Å². The van der Waals surface area contributed by atoms with Gasteiger partial charge in [-0.2, -0.15) is 0 Å². The number of halogens is 2. The molecule has 1 aliphatic rings. The Morgan fingerprint density at radius 1 is 1.18 bits per heavy atom. The predicted molar refractivity (Wildman–Crippen MR) is 110 cm³/mol. The third-order valence-corrected chi connectivity index (χ3v) is 7.38. The number of nitrogens with zero attached hydrogens (tertiary/aromatic N) is 1. The zero-order chi connectivity index (χ0) is 20.1. The van der Waals surface area contributed by atoms with E-state index in [1.807, 2.05) is 24.3 Å². The van der Waals surface area contributed by atoms with E-state index < -0.39 is 15.8 Å². The SMILES string of the molecule is COc1ccccc1C(CNS(=O)(=O)c1ccc(F)cc1Br)N1CCCCC1. The van der Waals surface area contributed by atoms with E-state index in [1.165, 1.54) is 12.5 Å². The van der Waals surface area contributed by atoms with Crippen LogP contribution in [0.4, 0.5) is 4.39 Å². The number of benzene rings is 2. The van der Waals surface area contributed by atoms with Crippen LogP contribution in [-0.4, -0.2) is 40.1 Å². The number of nitrogens with one attached hydrogen (secondary N) is 1. The van der Waals surface area contributed by atoms with Gasteiger partial charge in [-0.25, -0.2) is 17.5 Å². The molecule has 0 radical (unpaired) electrons. The topological polar surface area (TPSA) is 58.6 Å². The van der Waals surface area contributed by atoms with Crippen molar-refractivity contribution >= 4 is 26.0 Å². The summed E-state index contributed by atoms with van der Waals surface area (Å²) in [5.41, 5.74) is 0.952. The first-order chi connectivity index (χ1) is 13.4. The van der Waals surface area contributed by atoms with E-state index in [-0.39, 0.29) is 22.0 Å². The fourth-order valence-electron chi connectivity index (χ4n) is 3.57. The van der Waals surface area contributed by atoms with Crippen LogP contribution in [0.1, 0.15) is 30.9 Å². The largest absolute Gasteiger partial charge is 0.496 e. The molecular weight excluding hydrogens is 447 g/mol. The quantitative estimate of drug-likeness (QED) is 0.661. The van der Waals surface area contributed by atoms with Crippen molar-refractivity contribution in [1.29, 1.82) is 0 Å². The van der Waals surface area contributed by atoms with Crippen molar-refractivity contribution in [3.8, 4) is 5.75 Å². The van der Waals surface area contributed by atoms with Crippen LogP contribution < -0.4 is 9.46 Å². The minimum absolute atomic E-state index is 0.0197. The first-order valence-electron chi connectivity index (χ1n) is 9.24. The molecule has 0 bridgehead atoms. The van der Waals surface area contributed by atoms with E-state index in [9.17, 15) is 12.8 Å². The Hall–Kier alpha value is -1.48. The molecule has 1 saturated heterocycles. The lowest BCUT2D eigenvalue weighted by Gasteiger charge is -2.35.